The topological polar surface area (TPSA) is 177 Å². The van der Waals surface area contributed by atoms with E-state index >= 15 is 0 Å². The van der Waals surface area contributed by atoms with E-state index in [1.54, 1.807) is 0 Å². The van der Waals surface area contributed by atoms with Gasteiger partial charge in [-0.15, -0.1) is 0 Å². The van der Waals surface area contributed by atoms with Crippen LogP contribution in [0.3, 0.4) is 0 Å². The molecule has 10 heteroatoms. The summed E-state index contributed by atoms with van der Waals surface area (Å²) in [7, 11) is 0. The lowest BCUT2D eigenvalue weighted by Gasteiger charge is -2.17. The fourth-order valence-corrected chi connectivity index (χ4v) is 1.91. The van der Waals surface area contributed by atoms with Gasteiger partial charge in [-0.3, -0.25) is 14.4 Å². The highest BCUT2D eigenvalue weighted by atomic mass is 16.6. The lowest BCUT2D eigenvalue weighted by atomic mass is 10.1. The summed E-state index contributed by atoms with van der Waals surface area (Å²) in [5.74, 6) is -3.02. The Morgan fingerprint density at radius 2 is 1.87 bits per heavy atom. The highest BCUT2D eigenvalue weighted by Gasteiger charge is 2.51. The van der Waals surface area contributed by atoms with Gasteiger partial charge in [0.1, 0.15) is 6.04 Å². The van der Waals surface area contributed by atoms with E-state index in [1.165, 1.54) is 0 Å². The number of carbonyl (C=O) groups is 4. The Bertz CT molecular complexity index is 469. The van der Waals surface area contributed by atoms with Crippen molar-refractivity contribution in [1.82, 2.24) is 10.6 Å². The third-order valence-electron chi connectivity index (χ3n) is 3.24. The van der Waals surface area contributed by atoms with E-state index in [0.717, 1.165) is 6.42 Å². The molecule has 1 aliphatic heterocycles. The number of ether oxygens (including phenoxy) is 1. The van der Waals surface area contributed by atoms with Crippen LogP contribution in [0.2, 0.25) is 0 Å². The van der Waals surface area contributed by atoms with Gasteiger partial charge in [-0.2, -0.15) is 0 Å². The minimum absolute atomic E-state index is 0.0221. The van der Waals surface area contributed by atoms with Crippen LogP contribution in [0.25, 0.3) is 0 Å². The van der Waals surface area contributed by atoms with Crippen LogP contribution in [0.4, 0.5) is 0 Å². The van der Waals surface area contributed by atoms with Gasteiger partial charge in [0.05, 0.1) is 0 Å². The van der Waals surface area contributed by atoms with Crippen LogP contribution in [0.15, 0.2) is 0 Å². The Hall–Kier alpha value is -2.20. The van der Waals surface area contributed by atoms with Crippen molar-refractivity contribution in [1.29, 1.82) is 0 Å². The minimum Gasteiger partial charge on any atom is -0.479 e. The molecule has 3 amide bonds. The zero-order chi connectivity index (χ0) is 17.4. The first kappa shape index (κ1) is 18.8. The van der Waals surface area contributed by atoms with Crippen LogP contribution < -0.4 is 22.1 Å². The number of primary amides is 1. The number of amides is 3. The molecule has 1 heterocycles. The van der Waals surface area contributed by atoms with Crippen molar-refractivity contribution in [2.45, 2.75) is 43.9 Å². The van der Waals surface area contributed by atoms with Crippen LogP contribution in [-0.4, -0.2) is 60.1 Å². The molecule has 1 aliphatic rings. The summed E-state index contributed by atoms with van der Waals surface area (Å²) in [6, 6.07) is -0.980. The van der Waals surface area contributed by atoms with E-state index in [-0.39, 0.29) is 12.8 Å². The Labute approximate surface area is 132 Å². The quantitative estimate of drug-likeness (QED) is 0.204. The fourth-order valence-electron chi connectivity index (χ4n) is 1.91. The smallest absolute Gasteiger partial charge is 0.336 e. The summed E-state index contributed by atoms with van der Waals surface area (Å²) in [4.78, 5) is 45.4. The number of rotatable bonds is 11. The van der Waals surface area contributed by atoms with Crippen molar-refractivity contribution in [2.75, 3.05) is 13.1 Å². The molecular formula is C13H22N4O6. The number of hydrogen-bond acceptors (Lipinski definition) is 6. The molecule has 0 aromatic rings. The van der Waals surface area contributed by atoms with E-state index in [4.69, 9.17) is 21.3 Å². The van der Waals surface area contributed by atoms with Crippen molar-refractivity contribution in [2.24, 2.45) is 11.5 Å². The molecule has 0 aliphatic carbocycles. The van der Waals surface area contributed by atoms with Crippen molar-refractivity contribution < 1.29 is 29.0 Å². The summed E-state index contributed by atoms with van der Waals surface area (Å²) in [5, 5.41) is 13.7. The molecule has 1 fully saturated rings. The van der Waals surface area contributed by atoms with Gasteiger partial charge in [0, 0.05) is 13.0 Å². The van der Waals surface area contributed by atoms with Crippen LogP contribution >= 0.6 is 0 Å². The van der Waals surface area contributed by atoms with E-state index in [1.807, 2.05) is 0 Å². The van der Waals surface area contributed by atoms with Gasteiger partial charge in [0.25, 0.3) is 5.91 Å². The van der Waals surface area contributed by atoms with E-state index in [2.05, 4.69) is 10.6 Å². The number of carboxylic acids is 1. The number of nitrogens with two attached hydrogens (primary N) is 2. The van der Waals surface area contributed by atoms with Gasteiger partial charge in [-0.25, -0.2) is 4.79 Å². The number of hydrogen-bond donors (Lipinski definition) is 5. The molecule has 0 saturated carbocycles. The van der Waals surface area contributed by atoms with E-state index < -0.39 is 41.9 Å². The van der Waals surface area contributed by atoms with E-state index in [0.29, 0.717) is 19.5 Å². The molecule has 1 saturated heterocycles. The van der Waals surface area contributed by atoms with Gasteiger partial charge in [-0.05, 0) is 25.8 Å². The third kappa shape index (κ3) is 6.61. The number of carboxylic acid groups (broad SMARTS) is 1. The fraction of sp³-hybridized carbons (Fsp3) is 0.692. The number of unbranched alkanes of at least 4 members (excludes halogenated alkanes) is 1. The number of nitrogens with one attached hydrogen (secondary N) is 2. The predicted molar refractivity (Wildman–Crippen MR) is 78.0 cm³/mol. The largest absolute Gasteiger partial charge is 0.479 e. The maximum Gasteiger partial charge on any atom is 0.336 e. The van der Waals surface area contributed by atoms with Crippen molar-refractivity contribution in [3.63, 3.8) is 0 Å². The molecule has 10 nitrogen and oxygen atoms in total. The van der Waals surface area contributed by atoms with Crippen molar-refractivity contribution in [3.05, 3.63) is 0 Å². The highest BCUT2D eigenvalue weighted by Crippen LogP contribution is 2.22. The average Bonchev–Trinajstić information content (AvgIpc) is 3.28. The molecule has 0 aromatic carbocycles. The molecule has 3 atom stereocenters. The van der Waals surface area contributed by atoms with Crippen LogP contribution in [-0.2, 0) is 23.9 Å². The van der Waals surface area contributed by atoms with Crippen LogP contribution in [0.1, 0.15) is 25.7 Å². The lowest BCUT2D eigenvalue weighted by Crippen LogP contribution is -2.49. The summed E-state index contributed by atoms with van der Waals surface area (Å²) < 4.78 is 4.71. The molecule has 130 valence electrons. The second kappa shape index (κ2) is 9.06. The Morgan fingerprint density at radius 1 is 1.17 bits per heavy atom. The summed E-state index contributed by atoms with van der Waals surface area (Å²) in [6.45, 7) is 0.893. The number of epoxide rings is 1. The second-order valence-electron chi connectivity index (χ2n) is 5.17. The zero-order valence-corrected chi connectivity index (χ0v) is 12.6. The average molecular weight is 330 g/mol. The summed E-state index contributed by atoms with van der Waals surface area (Å²) in [5.41, 5.74) is 10.4. The molecule has 0 radical (unpaired) electrons. The standard InChI is InChI=1S/C13H22N4O6/c14-5-1-2-6-16-11(19)7(3-4-8(15)18)17-12(20)9-10(23-9)13(21)22/h7,9-10H,1-6,14H2,(H2,15,18)(H,16,19)(H,17,20)(H,21,22)/t7-,9-,10-/m0/s1. The number of aliphatic carboxylic acids is 1. The van der Waals surface area contributed by atoms with Gasteiger partial charge in [-0.1, -0.05) is 0 Å². The third-order valence-corrected chi connectivity index (χ3v) is 3.24. The Kier molecular flexibility index (Phi) is 7.42. The molecule has 0 spiro atoms. The maximum atomic E-state index is 12.0. The van der Waals surface area contributed by atoms with Gasteiger partial charge in [0.15, 0.2) is 12.2 Å². The molecule has 0 unspecified atom stereocenters. The van der Waals surface area contributed by atoms with E-state index in [9.17, 15) is 19.2 Å². The van der Waals surface area contributed by atoms with Crippen molar-refractivity contribution in [3.8, 4) is 0 Å². The molecule has 0 bridgehead atoms. The molecule has 23 heavy (non-hydrogen) atoms. The molecular weight excluding hydrogens is 308 g/mol. The molecule has 1 rings (SSSR count). The first-order valence-corrected chi connectivity index (χ1v) is 7.31. The molecule has 7 N–H and O–H groups in total. The van der Waals surface area contributed by atoms with Crippen LogP contribution in [0.5, 0.6) is 0 Å². The number of carbonyl (C=O) groups excluding carboxylic acids is 3. The summed E-state index contributed by atoms with van der Waals surface area (Å²) in [6.07, 6.45) is -0.947. The van der Waals surface area contributed by atoms with Gasteiger partial charge in [0.2, 0.25) is 11.8 Å². The van der Waals surface area contributed by atoms with Crippen molar-refractivity contribution >= 4 is 23.7 Å². The zero-order valence-electron chi connectivity index (χ0n) is 12.6. The van der Waals surface area contributed by atoms with Gasteiger partial charge < -0.3 is 31.9 Å². The lowest BCUT2D eigenvalue weighted by molar-refractivity contribution is -0.138. The SMILES string of the molecule is NCCCCNC(=O)[C@H](CCC(N)=O)NC(=O)[C@H]1O[C@@H]1C(=O)O. The Balaban J connectivity index is 2.50. The monoisotopic (exact) mass is 330 g/mol. The normalized spacial score (nSPS) is 20.4. The Morgan fingerprint density at radius 3 is 2.39 bits per heavy atom. The first-order chi connectivity index (χ1) is 10.9. The minimum atomic E-state index is -1.25. The summed E-state index contributed by atoms with van der Waals surface area (Å²) >= 11 is 0. The molecule has 0 aromatic heterocycles. The first-order valence-electron chi connectivity index (χ1n) is 7.31. The van der Waals surface area contributed by atoms with Gasteiger partial charge >= 0.3 is 5.97 Å². The predicted octanol–water partition coefficient (Wildman–Crippen LogP) is -2.56. The second-order valence-corrected chi connectivity index (χ2v) is 5.17. The highest BCUT2D eigenvalue weighted by molar-refractivity contribution is 5.95. The van der Waals surface area contributed by atoms with Crippen LogP contribution in [0, 0.1) is 0 Å². The maximum absolute atomic E-state index is 12.0.